The normalized spacial score (nSPS) is 19.2. The molecule has 108 valence electrons. The highest BCUT2D eigenvalue weighted by atomic mass is 16.5. The topological polar surface area (TPSA) is 26.1 Å². The van der Waals surface area contributed by atoms with Crippen LogP contribution in [0.1, 0.15) is 44.4 Å². The lowest BCUT2D eigenvalue weighted by atomic mass is 9.65. The summed E-state index contributed by atoms with van der Waals surface area (Å²) in [7, 11) is 0. The maximum Gasteiger partial charge on any atom is 0.226 e. The van der Waals surface area contributed by atoms with Crippen LogP contribution >= 0.6 is 0 Å². The van der Waals surface area contributed by atoms with Gasteiger partial charge in [-0.15, -0.1) is 0 Å². The van der Waals surface area contributed by atoms with Crippen molar-refractivity contribution < 1.29 is 4.74 Å². The van der Waals surface area contributed by atoms with Crippen LogP contribution < -0.4 is 0 Å². The van der Waals surface area contributed by atoms with E-state index in [0.717, 1.165) is 16.8 Å². The number of rotatable bonds is 1. The molecule has 2 aromatic carbocycles. The summed E-state index contributed by atoms with van der Waals surface area (Å²) in [5.74, 6) is 0. The summed E-state index contributed by atoms with van der Waals surface area (Å²) in [5, 5.41) is 13.1. The van der Waals surface area contributed by atoms with Crippen molar-refractivity contribution in [1.29, 1.82) is 0 Å². The van der Waals surface area contributed by atoms with Crippen LogP contribution in [0.5, 0.6) is 0 Å². The molecular formula is C19H21NO. The summed E-state index contributed by atoms with van der Waals surface area (Å²) in [6.45, 7) is 8.36. The molecular weight excluding hydrogens is 258 g/mol. The Bertz CT molecular complexity index is 711. The number of nitrogens with zero attached hydrogens (tertiary/aromatic N) is 1. The number of hydrogen-bond acceptors (Lipinski definition) is 1. The summed E-state index contributed by atoms with van der Waals surface area (Å²) in [5.41, 5.74) is 3.30. The number of benzene rings is 2. The maximum absolute atomic E-state index is 13.1. The van der Waals surface area contributed by atoms with Crippen LogP contribution in [0.2, 0.25) is 0 Å². The standard InChI is InChI=1S/C19H21NO/c1-18(2)16-13-9-8-12-15(16)17(20(21)19(18,3)4)14-10-6-5-7-11-14/h5-13H,1-4H3. The van der Waals surface area contributed by atoms with Gasteiger partial charge in [-0.25, -0.2) is 0 Å². The van der Waals surface area contributed by atoms with Crippen LogP contribution in [0, 0.1) is 5.21 Å². The fourth-order valence-corrected chi connectivity index (χ4v) is 3.08. The van der Waals surface area contributed by atoms with Crippen molar-refractivity contribution in [3.05, 3.63) is 76.5 Å². The quantitative estimate of drug-likeness (QED) is 0.570. The van der Waals surface area contributed by atoms with Crippen molar-refractivity contribution in [2.24, 2.45) is 0 Å². The van der Waals surface area contributed by atoms with Crippen molar-refractivity contribution in [3.8, 4) is 0 Å². The minimum absolute atomic E-state index is 0.219. The summed E-state index contributed by atoms with van der Waals surface area (Å²) >= 11 is 0. The van der Waals surface area contributed by atoms with Gasteiger partial charge in [-0.3, -0.25) is 0 Å². The summed E-state index contributed by atoms with van der Waals surface area (Å²) < 4.78 is 1.20. The van der Waals surface area contributed by atoms with Crippen LogP contribution in [0.15, 0.2) is 54.6 Å². The van der Waals surface area contributed by atoms with E-state index in [1.807, 2.05) is 50.2 Å². The van der Waals surface area contributed by atoms with E-state index in [1.165, 1.54) is 10.3 Å². The van der Waals surface area contributed by atoms with E-state index in [2.05, 4.69) is 32.0 Å². The Labute approximate surface area is 126 Å². The van der Waals surface area contributed by atoms with Gasteiger partial charge >= 0.3 is 0 Å². The van der Waals surface area contributed by atoms with E-state index >= 15 is 0 Å². The summed E-state index contributed by atoms with van der Waals surface area (Å²) in [6.07, 6.45) is 0. The zero-order valence-electron chi connectivity index (χ0n) is 13.1. The largest absolute Gasteiger partial charge is 0.623 e. The second-order valence-corrected chi connectivity index (χ2v) is 6.74. The monoisotopic (exact) mass is 279 g/mol. The third-order valence-electron chi connectivity index (χ3n) is 5.14. The first-order valence-corrected chi connectivity index (χ1v) is 7.37. The van der Waals surface area contributed by atoms with Crippen molar-refractivity contribution >= 4 is 5.71 Å². The molecule has 2 aromatic rings. The van der Waals surface area contributed by atoms with E-state index in [0.29, 0.717) is 0 Å². The zero-order chi connectivity index (χ0) is 15.3. The van der Waals surface area contributed by atoms with E-state index in [4.69, 9.17) is 0 Å². The molecule has 0 bridgehead atoms. The Hall–Kier alpha value is -2.09. The van der Waals surface area contributed by atoms with Crippen molar-refractivity contribution in [1.82, 2.24) is 0 Å². The van der Waals surface area contributed by atoms with Gasteiger partial charge in [0.2, 0.25) is 5.71 Å². The Morgan fingerprint density at radius 2 is 1.38 bits per heavy atom. The van der Waals surface area contributed by atoms with Gasteiger partial charge in [0.1, 0.15) is 0 Å². The van der Waals surface area contributed by atoms with Crippen molar-refractivity contribution in [2.75, 3.05) is 0 Å². The van der Waals surface area contributed by atoms with Crippen LogP contribution in [0.4, 0.5) is 0 Å². The molecule has 0 spiro atoms. The molecule has 3 rings (SSSR count). The van der Waals surface area contributed by atoms with E-state index in [9.17, 15) is 5.21 Å². The lowest BCUT2D eigenvalue weighted by Gasteiger charge is -2.44. The highest BCUT2D eigenvalue weighted by Gasteiger charge is 2.51. The van der Waals surface area contributed by atoms with Crippen LogP contribution in [0.25, 0.3) is 0 Å². The first kappa shape index (κ1) is 13.9. The van der Waals surface area contributed by atoms with Crippen LogP contribution in [-0.2, 0) is 5.41 Å². The molecule has 2 heteroatoms. The number of fused-ring (bicyclic) bond motifs is 1. The van der Waals surface area contributed by atoms with Crippen LogP contribution in [-0.4, -0.2) is 16.0 Å². The lowest BCUT2D eigenvalue weighted by molar-refractivity contribution is -0.555. The number of hydroxylamine groups is 1. The first-order valence-electron chi connectivity index (χ1n) is 7.37. The van der Waals surface area contributed by atoms with Gasteiger partial charge in [-0.2, -0.15) is 4.74 Å². The molecule has 0 N–H and O–H groups in total. The predicted octanol–water partition coefficient (Wildman–Crippen LogP) is 4.10. The molecule has 0 aromatic heterocycles. The molecule has 0 amide bonds. The molecule has 0 radical (unpaired) electrons. The van der Waals surface area contributed by atoms with E-state index in [-0.39, 0.29) is 5.41 Å². The minimum atomic E-state index is -0.507. The molecule has 1 aliphatic rings. The Balaban J connectivity index is 2.38. The molecule has 21 heavy (non-hydrogen) atoms. The van der Waals surface area contributed by atoms with Gasteiger partial charge in [0.05, 0.1) is 11.0 Å². The fraction of sp³-hybridized carbons (Fsp3) is 0.316. The molecule has 1 heterocycles. The van der Waals surface area contributed by atoms with Gasteiger partial charge in [-0.1, -0.05) is 36.4 Å². The second kappa shape index (κ2) is 4.45. The van der Waals surface area contributed by atoms with Gasteiger partial charge in [0.25, 0.3) is 0 Å². The fourth-order valence-electron chi connectivity index (χ4n) is 3.08. The molecule has 0 saturated carbocycles. The third kappa shape index (κ3) is 1.82. The molecule has 2 nitrogen and oxygen atoms in total. The lowest BCUT2D eigenvalue weighted by Crippen LogP contribution is -2.55. The van der Waals surface area contributed by atoms with Gasteiger partial charge < -0.3 is 5.21 Å². The summed E-state index contributed by atoms with van der Waals surface area (Å²) in [4.78, 5) is 0. The minimum Gasteiger partial charge on any atom is -0.623 e. The van der Waals surface area contributed by atoms with E-state index < -0.39 is 5.54 Å². The Morgan fingerprint density at radius 1 is 0.810 bits per heavy atom. The number of hydrogen-bond donors (Lipinski definition) is 0. The molecule has 0 atom stereocenters. The highest BCUT2D eigenvalue weighted by Crippen LogP contribution is 2.43. The molecule has 0 fully saturated rings. The highest BCUT2D eigenvalue weighted by molar-refractivity contribution is 6.11. The first-order chi connectivity index (χ1) is 9.87. The van der Waals surface area contributed by atoms with Crippen LogP contribution in [0.3, 0.4) is 0 Å². The SMILES string of the molecule is CC1(C)c2ccccc2C(c2ccccc2)=[N+]([O-])C1(C)C. The smallest absolute Gasteiger partial charge is 0.226 e. The molecule has 0 saturated heterocycles. The summed E-state index contributed by atoms with van der Waals surface area (Å²) in [6, 6.07) is 18.2. The van der Waals surface area contributed by atoms with Gasteiger partial charge in [0.15, 0.2) is 5.54 Å². The molecule has 0 aliphatic carbocycles. The molecule has 0 unspecified atom stereocenters. The Morgan fingerprint density at radius 3 is 2.05 bits per heavy atom. The average molecular weight is 279 g/mol. The predicted molar refractivity (Wildman–Crippen MR) is 86.8 cm³/mol. The van der Waals surface area contributed by atoms with E-state index in [1.54, 1.807) is 0 Å². The van der Waals surface area contributed by atoms with Crippen molar-refractivity contribution in [3.63, 3.8) is 0 Å². The second-order valence-electron chi connectivity index (χ2n) is 6.74. The van der Waals surface area contributed by atoms with Gasteiger partial charge in [0, 0.05) is 19.4 Å². The Kier molecular flexibility index (Phi) is 2.94. The van der Waals surface area contributed by atoms with Gasteiger partial charge in [-0.05, 0) is 37.6 Å². The van der Waals surface area contributed by atoms with Crippen molar-refractivity contribution in [2.45, 2.75) is 38.6 Å². The maximum atomic E-state index is 13.1. The molecule has 1 aliphatic heterocycles. The third-order valence-corrected chi connectivity index (χ3v) is 5.14. The zero-order valence-corrected chi connectivity index (χ0v) is 13.1. The average Bonchev–Trinajstić information content (AvgIpc) is 2.47.